The van der Waals surface area contributed by atoms with Crippen LogP contribution >= 0.6 is 0 Å². The summed E-state index contributed by atoms with van der Waals surface area (Å²) >= 11 is 0. The molecule has 1 fully saturated rings. The monoisotopic (exact) mass is 379 g/mol. The molecule has 2 aromatic rings. The predicted octanol–water partition coefficient (Wildman–Crippen LogP) is 3.11. The van der Waals surface area contributed by atoms with Crippen molar-refractivity contribution in [1.29, 1.82) is 0 Å². The van der Waals surface area contributed by atoms with E-state index in [9.17, 15) is 13.2 Å². The maximum absolute atomic E-state index is 14.5. The van der Waals surface area contributed by atoms with Crippen LogP contribution in [0, 0.1) is 5.82 Å². The molecule has 1 aromatic carbocycles. The van der Waals surface area contributed by atoms with Crippen molar-refractivity contribution in [3.63, 3.8) is 0 Å². The maximum Gasteiger partial charge on any atom is 0.314 e. The molecule has 3 heterocycles. The summed E-state index contributed by atoms with van der Waals surface area (Å²) in [4.78, 5) is 4.33. The van der Waals surface area contributed by atoms with Gasteiger partial charge in [-0.2, -0.15) is 8.78 Å². The lowest BCUT2D eigenvalue weighted by Crippen LogP contribution is -2.41. The Bertz CT molecular complexity index is 819. The fraction of sp³-hybridized carbons (Fsp3) is 0.444. The summed E-state index contributed by atoms with van der Waals surface area (Å²) in [6, 6.07) is 4.98. The lowest BCUT2D eigenvalue weighted by Gasteiger charge is -2.32. The molecule has 0 unspecified atom stereocenters. The molecule has 4 rings (SSSR count). The Labute approximate surface area is 154 Å². The molecule has 0 spiro atoms. The molecule has 1 saturated heterocycles. The molecule has 27 heavy (non-hydrogen) atoms. The van der Waals surface area contributed by atoms with Gasteiger partial charge in [0, 0.05) is 36.1 Å². The van der Waals surface area contributed by atoms with E-state index in [0.717, 1.165) is 32.6 Å². The average molecular weight is 379 g/mol. The summed E-state index contributed by atoms with van der Waals surface area (Å²) in [5.41, 5.74) is 0.799. The minimum Gasteiger partial charge on any atom is -0.415 e. The summed E-state index contributed by atoms with van der Waals surface area (Å²) in [5.74, 6) is -1.32. The van der Waals surface area contributed by atoms with Gasteiger partial charge in [0.2, 0.25) is 5.89 Å². The number of aromatic nitrogens is 2. The molecule has 0 atom stereocenters. The van der Waals surface area contributed by atoms with Crippen molar-refractivity contribution in [3.8, 4) is 11.5 Å². The Hall–Kier alpha value is -2.55. The van der Waals surface area contributed by atoms with E-state index in [2.05, 4.69) is 26.6 Å². The first-order valence-corrected chi connectivity index (χ1v) is 8.89. The van der Waals surface area contributed by atoms with Crippen molar-refractivity contribution in [2.45, 2.75) is 31.9 Å². The molecule has 6 nitrogen and oxygen atoms in total. The van der Waals surface area contributed by atoms with Crippen LogP contribution < -0.4 is 5.32 Å². The fourth-order valence-electron chi connectivity index (χ4n) is 3.43. The van der Waals surface area contributed by atoms with E-state index in [4.69, 9.17) is 4.42 Å². The Morgan fingerprint density at radius 2 is 2.00 bits per heavy atom. The zero-order valence-corrected chi connectivity index (χ0v) is 14.6. The number of halogens is 3. The van der Waals surface area contributed by atoms with Crippen molar-refractivity contribution in [3.05, 3.63) is 47.9 Å². The topological polar surface area (TPSA) is 57.4 Å². The highest BCUT2D eigenvalue weighted by Gasteiger charge is 2.23. The van der Waals surface area contributed by atoms with Crippen molar-refractivity contribution in [2.75, 3.05) is 19.8 Å². The van der Waals surface area contributed by atoms with E-state index in [1.54, 1.807) is 12.1 Å². The van der Waals surface area contributed by atoms with Gasteiger partial charge in [0.05, 0.1) is 6.67 Å². The zero-order valence-electron chi connectivity index (χ0n) is 14.6. The van der Waals surface area contributed by atoms with Crippen LogP contribution in [0.25, 0.3) is 11.5 Å². The Morgan fingerprint density at radius 3 is 2.70 bits per heavy atom. The van der Waals surface area contributed by atoms with Crippen molar-refractivity contribution < 1.29 is 17.6 Å². The second-order valence-electron chi connectivity index (χ2n) is 6.73. The molecule has 0 saturated carbocycles. The van der Waals surface area contributed by atoms with Crippen LogP contribution in [0.5, 0.6) is 0 Å². The highest BCUT2D eigenvalue weighted by Crippen LogP contribution is 2.26. The smallest absolute Gasteiger partial charge is 0.314 e. The maximum atomic E-state index is 14.5. The van der Waals surface area contributed by atoms with Crippen LogP contribution in [-0.2, 0) is 6.54 Å². The largest absolute Gasteiger partial charge is 0.415 e. The number of piperidine rings is 1. The van der Waals surface area contributed by atoms with Gasteiger partial charge >= 0.3 is 6.43 Å². The number of hydrogen-bond donors (Lipinski definition) is 1. The van der Waals surface area contributed by atoms with Gasteiger partial charge in [-0.05, 0) is 38.1 Å². The Morgan fingerprint density at radius 1 is 1.19 bits per heavy atom. The van der Waals surface area contributed by atoms with Gasteiger partial charge in [-0.3, -0.25) is 0 Å². The molecular weight excluding hydrogens is 359 g/mol. The van der Waals surface area contributed by atoms with Crippen LogP contribution in [0.3, 0.4) is 0 Å². The number of nitrogens with zero attached hydrogens (tertiary/aromatic N) is 4. The van der Waals surface area contributed by atoms with E-state index in [0.29, 0.717) is 18.2 Å². The van der Waals surface area contributed by atoms with Crippen LogP contribution in [0.1, 0.15) is 30.7 Å². The number of nitrogens with one attached hydrogen (secondary N) is 1. The van der Waals surface area contributed by atoms with Gasteiger partial charge in [-0.1, -0.05) is 6.07 Å². The molecule has 0 amide bonds. The van der Waals surface area contributed by atoms with E-state index in [-0.39, 0.29) is 11.5 Å². The standard InChI is InChI=1S/C18H20F3N5O/c19-15-9-12(17-23-24-18(27-17)16(20)21)1-2-13(15)10-25-7-8-26(11-25)14-3-5-22-6-4-14/h1-2,7-9,14,16,22H,3-6,10-11H2. The highest BCUT2D eigenvalue weighted by atomic mass is 19.3. The van der Waals surface area contributed by atoms with Crippen molar-refractivity contribution >= 4 is 0 Å². The zero-order chi connectivity index (χ0) is 18.8. The third kappa shape index (κ3) is 3.92. The number of rotatable bonds is 5. The summed E-state index contributed by atoms with van der Waals surface area (Å²) < 4.78 is 44.5. The van der Waals surface area contributed by atoms with E-state index in [1.165, 1.54) is 6.07 Å². The number of hydrogen-bond acceptors (Lipinski definition) is 6. The normalized spacial score (nSPS) is 18.1. The first kappa shape index (κ1) is 17.8. The van der Waals surface area contributed by atoms with Crippen LogP contribution in [-0.4, -0.2) is 45.8 Å². The minimum absolute atomic E-state index is 0.117. The molecule has 0 radical (unpaired) electrons. The molecule has 1 N–H and O–H groups in total. The van der Waals surface area contributed by atoms with Gasteiger partial charge in [-0.15, -0.1) is 10.2 Å². The van der Waals surface area contributed by atoms with E-state index >= 15 is 0 Å². The molecule has 0 bridgehead atoms. The van der Waals surface area contributed by atoms with Gasteiger partial charge < -0.3 is 19.5 Å². The van der Waals surface area contributed by atoms with Gasteiger partial charge in [0.1, 0.15) is 5.82 Å². The van der Waals surface area contributed by atoms with Crippen LogP contribution in [0.2, 0.25) is 0 Å². The minimum atomic E-state index is -2.85. The molecule has 9 heteroatoms. The summed E-state index contributed by atoms with van der Waals surface area (Å²) in [7, 11) is 0. The molecule has 2 aliphatic rings. The van der Waals surface area contributed by atoms with E-state index < -0.39 is 18.1 Å². The Balaban J connectivity index is 1.40. The second-order valence-corrected chi connectivity index (χ2v) is 6.73. The molecular formula is C18H20F3N5O. The summed E-state index contributed by atoms with van der Waals surface area (Å²) in [5, 5.41) is 10.2. The third-order valence-corrected chi connectivity index (χ3v) is 4.89. The third-order valence-electron chi connectivity index (χ3n) is 4.89. The fourth-order valence-corrected chi connectivity index (χ4v) is 3.43. The second kappa shape index (κ2) is 7.59. The molecule has 2 aliphatic heterocycles. The van der Waals surface area contributed by atoms with Gasteiger partial charge in [0.25, 0.3) is 5.89 Å². The highest BCUT2D eigenvalue weighted by molar-refractivity contribution is 5.53. The van der Waals surface area contributed by atoms with Gasteiger partial charge in [0.15, 0.2) is 0 Å². The van der Waals surface area contributed by atoms with Crippen LogP contribution in [0.15, 0.2) is 35.0 Å². The quantitative estimate of drug-likeness (QED) is 0.862. The van der Waals surface area contributed by atoms with E-state index in [1.807, 2.05) is 11.1 Å². The lowest BCUT2D eigenvalue weighted by atomic mass is 10.1. The average Bonchev–Trinajstić information content (AvgIpc) is 3.34. The van der Waals surface area contributed by atoms with Gasteiger partial charge in [-0.25, -0.2) is 4.39 Å². The number of benzene rings is 1. The number of alkyl halides is 2. The van der Waals surface area contributed by atoms with Crippen molar-refractivity contribution in [2.24, 2.45) is 0 Å². The first-order valence-electron chi connectivity index (χ1n) is 8.89. The van der Waals surface area contributed by atoms with Crippen LogP contribution in [0.4, 0.5) is 13.2 Å². The predicted molar refractivity (Wildman–Crippen MR) is 91.9 cm³/mol. The summed E-state index contributed by atoms with van der Waals surface area (Å²) in [6.45, 7) is 3.20. The SMILES string of the molecule is Fc1cc(-c2nnc(C(F)F)o2)ccc1CN1C=CN(C2CCNCC2)C1. The van der Waals surface area contributed by atoms with Crippen molar-refractivity contribution in [1.82, 2.24) is 25.3 Å². The first-order chi connectivity index (χ1) is 13.1. The molecule has 144 valence electrons. The molecule has 0 aliphatic carbocycles. The summed E-state index contributed by atoms with van der Waals surface area (Å²) in [6.07, 6.45) is 3.40. The molecule has 1 aromatic heterocycles. The Kier molecular flexibility index (Phi) is 5.02. The lowest BCUT2D eigenvalue weighted by molar-refractivity contribution is 0.116.